The van der Waals surface area contributed by atoms with Crippen LogP contribution >= 0.6 is 0 Å². The Morgan fingerprint density at radius 3 is 2.62 bits per heavy atom. The molecule has 1 aromatic carbocycles. The van der Waals surface area contributed by atoms with Gasteiger partial charge in [0.2, 0.25) is 5.91 Å². The van der Waals surface area contributed by atoms with E-state index in [0.717, 1.165) is 32.1 Å². The van der Waals surface area contributed by atoms with Crippen molar-refractivity contribution < 1.29 is 9.59 Å². The number of nitrogens with two attached hydrogens (primary N) is 1. The third kappa shape index (κ3) is 3.42. The first kappa shape index (κ1) is 14.1. The van der Waals surface area contributed by atoms with Gasteiger partial charge in [-0.1, -0.05) is 12.5 Å². The van der Waals surface area contributed by atoms with Crippen molar-refractivity contribution >= 4 is 17.5 Å². The van der Waals surface area contributed by atoms with Crippen LogP contribution in [0, 0.1) is 5.92 Å². The number of carbonyl (C=O) groups is 2. The molecule has 0 heterocycles. The van der Waals surface area contributed by atoms with Crippen LogP contribution < -0.4 is 16.4 Å². The van der Waals surface area contributed by atoms with Crippen LogP contribution in [0.2, 0.25) is 0 Å². The van der Waals surface area contributed by atoms with Crippen molar-refractivity contribution in [1.82, 2.24) is 5.32 Å². The van der Waals surface area contributed by atoms with Gasteiger partial charge in [-0.3, -0.25) is 9.59 Å². The normalized spacial score (nSPS) is 24.6. The second kappa shape index (κ2) is 5.85. The Bertz CT molecular complexity index is 554. The molecule has 0 bridgehead atoms. The van der Waals surface area contributed by atoms with Crippen molar-refractivity contribution in [2.75, 3.05) is 5.32 Å². The van der Waals surface area contributed by atoms with E-state index in [1.165, 1.54) is 0 Å². The minimum Gasteiger partial charge on any atom is -0.349 e. The van der Waals surface area contributed by atoms with Crippen LogP contribution in [-0.4, -0.2) is 23.9 Å². The lowest BCUT2D eigenvalue weighted by Crippen LogP contribution is -2.34. The van der Waals surface area contributed by atoms with E-state index in [0.29, 0.717) is 17.3 Å². The summed E-state index contributed by atoms with van der Waals surface area (Å²) in [5, 5.41) is 5.82. The lowest BCUT2D eigenvalue weighted by Gasteiger charge is -2.15. The first-order valence-corrected chi connectivity index (χ1v) is 7.61. The fourth-order valence-electron chi connectivity index (χ4n) is 2.78. The predicted octanol–water partition coefficient (Wildman–Crippen LogP) is 1.64. The van der Waals surface area contributed by atoms with Gasteiger partial charge in [0, 0.05) is 23.3 Å². The Morgan fingerprint density at radius 2 is 1.95 bits per heavy atom. The lowest BCUT2D eigenvalue weighted by atomic mass is 10.0. The van der Waals surface area contributed by atoms with Gasteiger partial charge in [0.1, 0.15) is 0 Å². The molecule has 4 N–H and O–H groups in total. The van der Waals surface area contributed by atoms with Crippen molar-refractivity contribution in [2.45, 2.75) is 44.2 Å². The van der Waals surface area contributed by atoms with Gasteiger partial charge >= 0.3 is 0 Å². The number of amides is 2. The molecule has 2 unspecified atom stereocenters. The van der Waals surface area contributed by atoms with Gasteiger partial charge in [-0.05, 0) is 43.9 Å². The van der Waals surface area contributed by atoms with Crippen molar-refractivity contribution in [2.24, 2.45) is 11.7 Å². The van der Waals surface area contributed by atoms with Crippen LogP contribution in [0.1, 0.15) is 42.5 Å². The van der Waals surface area contributed by atoms with Gasteiger partial charge in [0.15, 0.2) is 0 Å². The molecule has 0 aliphatic heterocycles. The fraction of sp³-hybridized carbons (Fsp3) is 0.500. The standard InChI is InChI=1S/C16H21N3O2/c17-14-6-2-5-13(14)16(21)19-12-4-1-3-10(9-12)15(20)18-11-7-8-11/h1,3-4,9,11,13-14H,2,5-8,17H2,(H,18,20)(H,19,21). The third-order valence-electron chi connectivity index (χ3n) is 4.21. The molecule has 0 saturated heterocycles. The summed E-state index contributed by atoms with van der Waals surface area (Å²) in [7, 11) is 0. The first-order chi connectivity index (χ1) is 10.1. The van der Waals surface area contributed by atoms with E-state index in [9.17, 15) is 9.59 Å². The number of benzene rings is 1. The van der Waals surface area contributed by atoms with E-state index in [1.807, 2.05) is 0 Å². The Balaban J connectivity index is 1.65. The van der Waals surface area contributed by atoms with Crippen molar-refractivity contribution in [3.8, 4) is 0 Å². The molecule has 2 saturated carbocycles. The number of hydrogen-bond donors (Lipinski definition) is 3. The largest absolute Gasteiger partial charge is 0.349 e. The van der Waals surface area contributed by atoms with E-state index in [1.54, 1.807) is 24.3 Å². The minimum atomic E-state index is -0.117. The molecular weight excluding hydrogens is 266 g/mol. The van der Waals surface area contributed by atoms with Gasteiger partial charge in [-0.15, -0.1) is 0 Å². The van der Waals surface area contributed by atoms with Crippen molar-refractivity contribution in [3.63, 3.8) is 0 Å². The van der Waals surface area contributed by atoms with Crippen molar-refractivity contribution in [1.29, 1.82) is 0 Å². The Labute approximate surface area is 124 Å². The Kier molecular flexibility index (Phi) is 3.92. The highest BCUT2D eigenvalue weighted by atomic mass is 16.2. The molecule has 2 aliphatic rings. The topological polar surface area (TPSA) is 84.2 Å². The zero-order valence-electron chi connectivity index (χ0n) is 12.0. The molecule has 0 radical (unpaired) electrons. The maximum Gasteiger partial charge on any atom is 0.251 e. The predicted molar refractivity (Wildman–Crippen MR) is 80.9 cm³/mol. The zero-order valence-corrected chi connectivity index (χ0v) is 12.0. The Hall–Kier alpha value is -1.88. The molecule has 0 spiro atoms. The van der Waals surface area contributed by atoms with Gasteiger partial charge < -0.3 is 16.4 Å². The number of hydrogen-bond acceptors (Lipinski definition) is 3. The monoisotopic (exact) mass is 287 g/mol. The van der Waals surface area contributed by atoms with E-state index >= 15 is 0 Å². The van der Waals surface area contributed by atoms with E-state index in [2.05, 4.69) is 10.6 Å². The number of anilines is 1. The van der Waals surface area contributed by atoms with Gasteiger partial charge in [-0.2, -0.15) is 0 Å². The van der Waals surface area contributed by atoms with E-state index < -0.39 is 0 Å². The van der Waals surface area contributed by atoms with Crippen LogP contribution in [0.5, 0.6) is 0 Å². The lowest BCUT2D eigenvalue weighted by molar-refractivity contribution is -0.120. The number of nitrogens with one attached hydrogen (secondary N) is 2. The number of carbonyl (C=O) groups excluding carboxylic acids is 2. The maximum absolute atomic E-state index is 12.2. The molecule has 2 aliphatic carbocycles. The van der Waals surface area contributed by atoms with Gasteiger partial charge in [0.05, 0.1) is 5.92 Å². The summed E-state index contributed by atoms with van der Waals surface area (Å²) in [6, 6.07) is 7.34. The van der Waals surface area contributed by atoms with Crippen LogP contribution in [0.4, 0.5) is 5.69 Å². The molecule has 112 valence electrons. The molecule has 5 heteroatoms. The maximum atomic E-state index is 12.2. The zero-order chi connectivity index (χ0) is 14.8. The molecule has 0 aromatic heterocycles. The number of rotatable bonds is 4. The molecule has 21 heavy (non-hydrogen) atoms. The van der Waals surface area contributed by atoms with Crippen LogP contribution in [0.25, 0.3) is 0 Å². The molecular formula is C16H21N3O2. The smallest absolute Gasteiger partial charge is 0.251 e. The summed E-state index contributed by atoms with van der Waals surface area (Å²) >= 11 is 0. The molecule has 2 fully saturated rings. The SMILES string of the molecule is NC1CCCC1C(=O)Nc1cccc(C(=O)NC2CC2)c1. The molecule has 5 nitrogen and oxygen atoms in total. The van der Waals surface area contributed by atoms with Crippen LogP contribution in [-0.2, 0) is 4.79 Å². The summed E-state index contributed by atoms with van der Waals surface area (Å²) in [4.78, 5) is 24.2. The summed E-state index contributed by atoms with van der Waals surface area (Å²) < 4.78 is 0. The summed E-state index contributed by atoms with van der Waals surface area (Å²) in [6.45, 7) is 0. The highest BCUT2D eigenvalue weighted by Crippen LogP contribution is 2.25. The molecule has 2 atom stereocenters. The summed E-state index contributed by atoms with van der Waals surface area (Å²) in [5.41, 5.74) is 7.18. The molecule has 2 amide bonds. The summed E-state index contributed by atoms with van der Waals surface area (Å²) in [5.74, 6) is -0.236. The highest BCUT2D eigenvalue weighted by molar-refractivity contribution is 5.98. The highest BCUT2D eigenvalue weighted by Gasteiger charge is 2.30. The average Bonchev–Trinajstić information content (AvgIpc) is 3.17. The van der Waals surface area contributed by atoms with E-state index in [-0.39, 0.29) is 23.8 Å². The van der Waals surface area contributed by atoms with Gasteiger partial charge in [0.25, 0.3) is 5.91 Å². The van der Waals surface area contributed by atoms with Crippen LogP contribution in [0.3, 0.4) is 0 Å². The quantitative estimate of drug-likeness (QED) is 0.787. The second-order valence-corrected chi connectivity index (χ2v) is 6.02. The Morgan fingerprint density at radius 1 is 1.14 bits per heavy atom. The average molecular weight is 287 g/mol. The fourth-order valence-corrected chi connectivity index (χ4v) is 2.78. The molecule has 3 rings (SSSR count). The van der Waals surface area contributed by atoms with Gasteiger partial charge in [-0.25, -0.2) is 0 Å². The van der Waals surface area contributed by atoms with Crippen molar-refractivity contribution in [3.05, 3.63) is 29.8 Å². The third-order valence-corrected chi connectivity index (χ3v) is 4.21. The van der Waals surface area contributed by atoms with E-state index in [4.69, 9.17) is 5.73 Å². The first-order valence-electron chi connectivity index (χ1n) is 7.61. The van der Waals surface area contributed by atoms with Crippen LogP contribution in [0.15, 0.2) is 24.3 Å². The molecule has 1 aromatic rings. The summed E-state index contributed by atoms with van der Waals surface area (Å²) in [6.07, 6.45) is 4.86. The second-order valence-electron chi connectivity index (χ2n) is 6.02. The minimum absolute atomic E-state index is 0.0419.